The molecule has 1 amide bonds. The summed E-state index contributed by atoms with van der Waals surface area (Å²) in [6, 6.07) is 5.90. The van der Waals surface area contributed by atoms with Crippen molar-refractivity contribution in [2.75, 3.05) is 18.4 Å². The van der Waals surface area contributed by atoms with Crippen LogP contribution in [0.3, 0.4) is 0 Å². The molecule has 2 aromatic heterocycles. The number of halogens is 3. The highest BCUT2D eigenvalue weighted by Crippen LogP contribution is 2.33. The summed E-state index contributed by atoms with van der Waals surface area (Å²) < 4.78 is 40.0. The fourth-order valence-electron chi connectivity index (χ4n) is 3.64. The van der Waals surface area contributed by atoms with E-state index in [1.807, 2.05) is 0 Å². The topological polar surface area (TPSA) is 100 Å². The van der Waals surface area contributed by atoms with E-state index in [1.54, 1.807) is 19.3 Å². The Balaban J connectivity index is 1.76. The summed E-state index contributed by atoms with van der Waals surface area (Å²) in [5.41, 5.74) is -0.461. The van der Waals surface area contributed by atoms with Crippen LogP contribution in [0.5, 0.6) is 0 Å². The summed E-state index contributed by atoms with van der Waals surface area (Å²) in [5.74, 6) is 0.212. The van der Waals surface area contributed by atoms with Gasteiger partial charge in [-0.1, -0.05) is 12.1 Å². The third-order valence-electron chi connectivity index (χ3n) is 5.30. The zero-order valence-electron chi connectivity index (χ0n) is 16.3. The zero-order valence-corrected chi connectivity index (χ0v) is 16.3. The fraction of sp³-hybridized carbons (Fsp3) is 0.300. The van der Waals surface area contributed by atoms with Gasteiger partial charge in [0.15, 0.2) is 5.82 Å². The Morgan fingerprint density at radius 2 is 1.90 bits per heavy atom. The summed E-state index contributed by atoms with van der Waals surface area (Å²) in [6.45, 7) is 0.603. The smallest absolute Gasteiger partial charge is 0.416 e. The lowest BCUT2D eigenvalue weighted by atomic mass is 10.0. The molecule has 3 aromatic rings. The predicted molar refractivity (Wildman–Crippen MR) is 107 cm³/mol. The number of aryl methyl sites for hydroxylation is 1. The van der Waals surface area contributed by atoms with Crippen LogP contribution in [0, 0.1) is 0 Å². The zero-order chi connectivity index (χ0) is 22.3. The molecule has 3 heterocycles. The maximum absolute atomic E-state index is 12.9. The number of alkyl halides is 3. The molecule has 1 aliphatic rings. The Bertz CT molecular complexity index is 1210. The van der Waals surface area contributed by atoms with Gasteiger partial charge in [0.2, 0.25) is 0 Å². The van der Waals surface area contributed by atoms with Crippen molar-refractivity contribution in [1.29, 1.82) is 0 Å². The van der Waals surface area contributed by atoms with Gasteiger partial charge in [0.05, 0.1) is 10.9 Å². The second-order valence-corrected chi connectivity index (χ2v) is 7.35. The third-order valence-corrected chi connectivity index (χ3v) is 5.30. The van der Waals surface area contributed by atoms with Crippen molar-refractivity contribution in [3.8, 4) is 11.3 Å². The van der Waals surface area contributed by atoms with E-state index in [2.05, 4.69) is 15.5 Å². The van der Waals surface area contributed by atoms with Crippen molar-refractivity contribution in [2.45, 2.75) is 18.6 Å². The molecule has 2 N–H and O–H groups in total. The third kappa shape index (κ3) is 3.90. The highest BCUT2D eigenvalue weighted by molar-refractivity contribution is 5.99. The summed E-state index contributed by atoms with van der Waals surface area (Å²) >= 11 is 0. The van der Waals surface area contributed by atoms with E-state index in [-0.39, 0.29) is 35.0 Å². The lowest BCUT2D eigenvalue weighted by molar-refractivity contribution is -0.137. The number of nitrogens with zero attached hydrogens (tertiary/aromatic N) is 4. The van der Waals surface area contributed by atoms with Crippen molar-refractivity contribution in [2.24, 2.45) is 7.05 Å². The molecule has 162 valence electrons. The number of pyridine rings is 1. The minimum absolute atomic E-state index is 0.212. The van der Waals surface area contributed by atoms with Crippen LogP contribution in [0.2, 0.25) is 0 Å². The minimum Gasteiger partial charge on any atom is -0.465 e. The maximum Gasteiger partial charge on any atom is 0.416 e. The molecule has 0 aliphatic carbocycles. The average molecular weight is 433 g/mol. The molecule has 0 saturated carbocycles. The number of rotatable bonds is 3. The number of benzene rings is 1. The van der Waals surface area contributed by atoms with Gasteiger partial charge in [-0.2, -0.15) is 13.2 Å². The quantitative estimate of drug-likeness (QED) is 0.658. The van der Waals surface area contributed by atoms with Gasteiger partial charge in [0.25, 0.3) is 5.56 Å². The number of fused-ring (bicyclic) bond motifs is 1. The SMILES string of the molecule is Cn1ccc2c(-c3ccc(C(F)(F)F)cc3)nnc(N[C@H]3CCN(C(=O)O)C3)c2c1=O. The van der Waals surface area contributed by atoms with Crippen LogP contribution in [-0.2, 0) is 13.2 Å². The molecule has 0 radical (unpaired) electrons. The Morgan fingerprint density at radius 1 is 1.19 bits per heavy atom. The monoisotopic (exact) mass is 433 g/mol. The predicted octanol–water partition coefficient (Wildman–Crippen LogP) is 3.18. The Hall–Kier alpha value is -3.63. The normalized spacial score (nSPS) is 16.6. The summed E-state index contributed by atoms with van der Waals surface area (Å²) in [7, 11) is 1.57. The van der Waals surface area contributed by atoms with E-state index in [0.717, 1.165) is 12.1 Å². The Labute approximate surface area is 173 Å². The van der Waals surface area contributed by atoms with Gasteiger partial charge < -0.3 is 19.9 Å². The minimum atomic E-state index is -4.46. The summed E-state index contributed by atoms with van der Waals surface area (Å²) in [4.78, 5) is 25.3. The second-order valence-electron chi connectivity index (χ2n) is 7.35. The molecule has 8 nitrogen and oxygen atoms in total. The molecule has 1 fully saturated rings. The number of carbonyl (C=O) groups is 1. The summed E-state index contributed by atoms with van der Waals surface area (Å²) in [5, 5.41) is 21.2. The van der Waals surface area contributed by atoms with Crippen molar-refractivity contribution < 1.29 is 23.1 Å². The second kappa shape index (κ2) is 7.56. The Morgan fingerprint density at radius 3 is 2.52 bits per heavy atom. The van der Waals surface area contributed by atoms with E-state index >= 15 is 0 Å². The van der Waals surface area contributed by atoms with Crippen molar-refractivity contribution in [3.05, 3.63) is 52.4 Å². The van der Waals surface area contributed by atoms with Gasteiger partial charge in [0.1, 0.15) is 5.69 Å². The van der Waals surface area contributed by atoms with Gasteiger partial charge in [-0.15, -0.1) is 10.2 Å². The first-order chi connectivity index (χ1) is 14.6. The number of amides is 1. The number of aromatic nitrogens is 3. The van der Waals surface area contributed by atoms with Crippen LogP contribution in [0.25, 0.3) is 22.0 Å². The van der Waals surface area contributed by atoms with Crippen LogP contribution in [0.4, 0.5) is 23.8 Å². The fourth-order valence-corrected chi connectivity index (χ4v) is 3.64. The van der Waals surface area contributed by atoms with Crippen molar-refractivity contribution in [1.82, 2.24) is 19.7 Å². The van der Waals surface area contributed by atoms with E-state index in [4.69, 9.17) is 5.11 Å². The van der Waals surface area contributed by atoms with Crippen LogP contribution < -0.4 is 10.9 Å². The number of nitrogens with one attached hydrogen (secondary N) is 1. The summed E-state index contributed by atoms with van der Waals surface area (Å²) in [6.07, 6.45) is -3.38. The number of hydrogen-bond donors (Lipinski definition) is 2. The molecular formula is C20H18F3N5O3. The lowest BCUT2D eigenvalue weighted by Crippen LogP contribution is -2.31. The van der Waals surface area contributed by atoms with Crippen molar-refractivity contribution in [3.63, 3.8) is 0 Å². The molecule has 1 aromatic carbocycles. The molecule has 1 atom stereocenters. The number of likely N-dealkylation sites (tertiary alicyclic amines) is 1. The largest absolute Gasteiger partial charge is 0.465 e. The molecule has 0 spiro atoms. The first kappa shape index (κ1) is 20.6. The van der Waals surface area contributed by atoms with Crippen LogP contribution in [-0.4, -0.2) is 50.0 Å². The molecular weight excluding hydrogens is 415 g/mol. The van der Waals surface area contributed by atoms with E-state index < -0.39 is 17.8 Å². The Kier molecular flexibility index (Phi) is 5.03. The van der Waals surface area contributed by atoms with Crippen LogP contribution >= 0.6 is 0 Å². The van der Waals surface area contributed by atoms with Crippen LogP contribution in [0.15, 0.2) is 41.3 Å². The van der Waals surface area contributed by atoms with Gasteiger partial charge >= 0.3 is 12.3 Å². The molecule has 31 heavy (non-hydrogen) atoms. The van der Waals surface area contributed by atoms with Gasteiger partial charge in [-0.3, -0.25) is 4.79 Å². The van der Waals surface area contributed by atoms with Crippen molar-refractivity contribution >= 4 is 22.7 Å². The average Bonchev–Trinajstić information content (AvgIpc) is 3.19. The van der Waals surface area contributed by atoms with E-state index in [0.29, 0.717) is 23.9 Å². The maximum atomic E-state index is 12.9. The molecule has 1 aliphatic heterocycles. The van der Waals surface area contributed by atoms with Crippen LogP contribution in [0.1, 0.15) is 12.0 Å². The molecule has 11 heteroatoms. The molecule has 4 rings (SSSR count). The van der Waals surface area contributed by atoms with E-state index in [1.165, 1.54) is 21.6 Å². The van der Waals surface area contributed by atoms with Gasteiger partial charge in [-0.25, -0.2) is 4.79 Å². The first-order valence-electron chi connectivity index (χ1n) is 9.43. The van der Waals surface area contributed by atoms with E-state index in [9.17, 15) is 22.8 Å². The standard InChI is InChI=1S/C20H18F3N5O3/c1-27-8-7-14-15(18(27)29)17(24-13-6-9-28(10-13)19(30)31)26-25-16(14)11-2-4-12(5-3-11)20(21,22)23/h2-5,7-8,13H,6,9-10H2,1H3,(H,24,26)(H,30,31)/t13-/m0/s1. The molecule has 0 unspecified atom stereocenters. The van der Waals surface area contributed by atoms with Gasteiger partial charge in [0, 0.05) is 43.3 Å². The number of carboxylic acid groups (broad SMARTS) is 1. The number of anilines is 1. The van der Waals surface area contributed by atoms with Gasteiger partial charge in [-0.05, 0) is 24.6 Å². The highest BCUT2D eigenvalue weighted by Gasteiger charge is 2.30. The molecule has 0 bridgehead atoms. The molecule has 1 saturated heterocycles. The lowest BCUT2D eigenvalue weighted by Gasteiger charge is -2.16. The highest BCUT2D eigenvalue weighted by atomic mass is 19.4. The first-order valence-corrected chi connectivity index (χ1v) is 9.43. The number of hydrogen-bond acceptors (Lipinski definition) is 5.